The number of hydrogen-bond acceptors (Lipinski definition) is 4. The first-order valence-corrected chi connectivity index (χ1v) is 14.7. The lowest BCUT2D eigenvalue weighted by atomic mass is 9.96. The molecule has 1 amide bonds. The molecular formula is C28H37FN2OS2. The van der Waals surface area contributed by atoms with Gasteiger partial charge < -0.3 is 5.32 Å². The number of nitrogens with zero attached hydrogens (tertiary/aromatic N) is 1. The van der Waals surface area contributed by atoms with Gasteiger partial charge in [0.1, 0.15) is 5.82 Å². The summed E-state index contributed by atoms with van der Waals surface area (Å²) < 4.78 is 13.3. The lowest BCUT2D eigenvalue weighted by Gasteiger charge is -2.17. The zero-order valence-corrected chi connectivity index (χ0v) is 22.4. The van der Waals surface area contributed by atoms with Crippen molar-refractivity contribution >= 4 is 35.5 Å². The largest absolute Gasteiger partial charge is 0.350 e. The Morgan fingerprint density at radius 3 is 2.65 bits per heavy atom. The molecule has 34 heavy (non-hydrogen) atoms. The topological polar surface area (TPSA) is 32.3 Å². The number of aryl methyl sites for hydroxylation is 2. The van der Waals surface area contributed by atoms with Crippen molar-refractivity contribution in [3.63, 3.8) is 0 Å². The highest BCUT2D eigenvalue weighted by Crippen LogP contribution is 2.26. The van der Waals surface area contributed by atoms with E-state index in [-0.39, 0.29) is 17.8 Å². The molecule has 3 rings (SSSR count). The molecule has 1 aliphatic rings. The molecule has 0 radical (unpaired) electrons. The predicted molar refractivity (Wildman–Crippen MR) is 148 cm³/mol. The van der Waals surface area contributed by atoms with Crippen molar-refractivity contribution in [2.75, 3.05) is 31.9 Å². The highest BCUT2D eigenvalue weighted by Gasteiger charge is 2.26. The van der Waals surface area contributed by atoms with Crippen LogP contribution in [0.3, 0.4) is 0 Å². The van der Waals surface area contributed by atoms with E-state index in [0.29, 0.717) is 11.3 Å². The van der Waals surface area contributed by atoms with Gasteiger partial charge in [0.15, 0.2) is 0 Å². The van der Waals surface area contributed by atoms with Crippen LogP contribution in [-0.2, 0) is 12.8 Å². The van der Waals surface area contributed by atoms with Crippen LogP contribution >= 0.6 is 23.5 Å². The Labute approximate surface area is 213 Å². The molecule has 3 nitrogen and oxygen atoms in total. The maximum absolute atomic E-state index is 13.3. The van der Waals surface area contributed by atoms with E-state index < -0.39 is 0 Å². The molecule has 1 saturated heterocycles. The molecule has 0 bridgehead atoms. The number of carbonyl (C=O) groups excluding carboxylic acids is 1. The van der Waals surface area contributed by atoms with Crippen molar-refractivity contribution in [3.8, 4) is 0 Å². The maximum atomic E-state index is 13.3. The van der Waals surface area contributed by atoms with Crippen LogP contribution in [0, 0.1) is 5.82 Å². The van der Waals surface area contributed by atoms with Gasteiger partial charge in [0, 0.05) is 29.4 Å². The maximum Gasteiger partial charge on any atom is 0.251 e. The summed E-state index contributed by atoms with van der Waals surface area (Å²) in [7, 11) is 2.18. The predicted octanol–water partition coefficient (Wildman–Crippen LogP) is 5.93. The molecule has 0 aromatic heterocycles. The molecule has 0 aliphatic carbocycles. The van der Waals surface area contributed by atoms with E-state index in [1.165, 1.54) is 12.1 Å². The van der Waals surface area contributed by atoms with E-state index in [1.807, 2.05) is 30.0 Å². The Kier molecular flexibility index (Phi) is 10.5. The van der Waals surface area contributed by atoms with Gasteiger partial charge in [-0.1, -0.05) is 36.4 Å². The molecule has 0 saturated carbocycles. The summed E-state index contributed by atoms with van der Waals surface area (Å²) in [6.07, 6.45) is 12.3. The second kappa shape index (κ2) is 13.4. The number of hydrogen-bond donors (Lipinski definition) is 1. The quantitative estimate of drug-likeness (QED) is 0.414. The number of halogens is 1. The summed E-state index contributed by atoms with van der Waals surface area (Å²) in [6, 6.07) is 13.4. The van der Waals surface area contributed by atoms with E-state index in [2.05, 4.69) is 61.0 Å². The first kappa shape index (κ1) is 26.8. The molecule has 2 aromatic rings. The lowest BCUT2D eigenvalue weighted by Crippen LogP contribution is -2.33. The van der Waals surface area contributed by atoms with Gasteiger partial charge in [-0.15, -0.1) is 0 Å². The summed E-state index contributed by atoms with van der Waals surface area (Å²) in [5.74, 6) is 0.780. The van der Waals surface area contributed by atoms with Crippen LogP contribution in [-0.4, -0.2) is 60.0 Å². The first-order chi connectivity index (χ1) is 16.4. The molecule has 1 heterocycles. The van der Waals surface area contributed by atoms with Crippen LogP contribution < -0.4 is 5.32 Å². The zero-order chi connectivity index (χ0) is 24.5. The minimum absolute atomic E-state index is 0.0154. The van der Waals surface area contributed by atoms with Crippen LogP contribution in [0.4, 0.5) is 4.39 Å². The summed E-state index contributed by atoms with van der Waals surface area (Å²) in [6.45, 7) is 3.17. The molecule has 2 aromatic carbocycles. The number of thioether (sulfide) groups is 2. The van der Waals surface area contributed by atoms with Crippen LogP contribution in [0.5, 0.6) is 0 Å². The lowest BCUT2D eigenvalue weighted by molar-refractivity contribution is 0.0938. The Bertz CT molecular complexity index is 963. The van der Waals surface area contributed by atoms with E-state index in [0.717, 1.165) is 60.2 Å². The number of likely N-dealkylation sites (tertiary alicyclic amines) is 1. The molecule has 6 heteroatoms. The minimum atomic E-state index is -0.226. The van der Waals surface area contributed by atoms with E-state index in [4.69, 9.17) is 0 Å². The second-order valence-corrected chi connectivity index (χ2v) is 11.3. The fraction of sp³-hybridized carbons (Fsp3) is 0.464. The first-order valence-electron chi connectivity index (χ1n) is 12.0. The third-order valence-electron chi connectivity index (χ3n) is 6.51. The third kappa shape index (κ3) is 7.89. The monoisotopic (exact) mass is 500 g/mol. The molecular weight excluding hydrogens is 463 g/mol. The average molecular weight is 501 g/mol. The van der Waals surface area contributed by atoms with Gasteiger partial charge in [0.05, 0.1) is 0 Å². The van der Waals surface area contributed by atoms with E-state index in [1.54, 1.807) is 11.8 Å². The highest BCUT2D eigenvalue weighted by atomic mass is 32.2. The standard InChI is InChI=1S/C28H37FN2OS2/c1-20(15-16-33-3)30-28(32)27-17-22(9-14-25-18-26(34-4)19-31(25)2)6-11-23(27)10-5-21-7-12-24(29)13-8-21/h6-9,11-14,17,20,25-26H,5,10,15-16,18-19H2,1-4H3,(H,30,32)/b14-9+. The van der Waals surface area contributed by atoms with Gasteiger partial charge in [-0.3, -0.25) is 9.69 Å². The molecule has 1 N–H and O–H groups in total. The van der Waals surface area contributed by atoms with Crippen molar-refractivity contribution in [2.24, 2.45) is 0 Å². The van der Waals surface area contributed by atoms with Crippen LogP contribution in [0.2, 0.25) is 0 Å². The number of rotatable bonds is 11. The van der Waals surface area contributed by atoms with Crippen molar-refractivity contribution in [1.82, 2.24) is 10.2 Å². The smallest absolute Gasteiger partial charge is 0.251 e. The van der Waals surface area contributed by atoms with Crippen molar-refractivity contribution in [2.45, 2.75) is 49.9 Å². The van der Waals surface area contributed by atoms with Crippen LogP contribution in [0.25, 0.3) is 6.08 Å². The van der Waals surface area contributed by atoms with Crippen molar-refractivity contribution in [3.05, 3.63) is 76.6 Å². The third-order valence-corrected chi connectivity index (χ3v) is 8.17. The number of benzene rings is 2. The number of nitrogens with one attached hydrogen (secondary N) is 1. The van der Waals surface area contributed by atoms with Crippen LogP contribution in [0.1, 0.15) is 46.8 Å². The van der Waals surface area contributed by atoms with Gasteiger partial charge in [-0.2, -0.15) is 23.5 Å². The Morgan fingerprint density at radius 1 is 1.21 bits per heavy atom. The number of likely N-dealkylation sites (N-methyl/N-ethyl adjacent to an activating group) is 1. The molecule has 1 fully saturated rings. The normalized spacial score (nSPS) is 19.6. The second-order valence-electron chi connectivity index (χ2n) is 9.16. The van der Waals surface area contributed by atoms with Gasteiger partial charge in [-0.25, -0.2) is 4.39 Å². The Hall–Kier alpha value is -1.76. The van der Waals surface area contributed by atoms with Gasteiger partial charge in [-0.05, 0) is 92.8 Å². The van der Waals surface area contributed by atoms with E-state index in [9.17, 15) is 9.18 Å². The highest BCUT2D eigenvalue weighted by molar-refractivity contribution is 7.99. The van der Waals surface area contributed by atoms with Gasteiger partial charge in [0.2, 0.25) is 0 Å². The minimum Gasteiger partial charge on any atom is -0.350 e. The van der Waals surface area contributed by atoms with Gasteiger partial charge >= 0.3 is 0 Å². The summed E-state index contributed by atoms with van der Waals surface area (Å²) >= 11 is 3.73. The Morgan fingerprint density at radius 2 is 1.97 bits per heavy atom. The fourth-order valence-electron chi connectivity index (χ4n) is 4.32. The fourth-order valence-corrected chi connectivity index (χ4v) is 5.69. The number of carbonyl (C=O) groups is 1. The Balaban J connectivity index is 1.77. The van der Waals surface area contributed by atoms with Gasteiger partial charge in [0.25, 0.3) is 5.91 Å². The average Bonchev–Trinajstić information content (AvgIpc) is 3.20. The SMILES string of the molecule is CSCCC(C)NC(=O)c1cc(/C=C/C2CC(SC)CN2C)ccc1CCc1ccc(F)cc1. The number of amides is 1. The summed E-state index contributed by atoms with van der Waals surface area (Å²) in [4.78, 5) is 15.6. The van der Waals surface area contributed by atoms with Crippen LogP contribution in [0.15, 0.2) is 48.5 Å². The van der Waals surface area contributed by atoms with E-state index >= 15 is 0 Å². The molecule has 1 aliphatic heterocycles. The molecule has 0 spiro atoms. The summed E-state index contributed by atoms with van der Waals surface area (Å²) in [5, 5.41) is 3.86. The molecule has 3 atom stereocenters. The molecule has 3 unspecified atom stereocenters. The molecule has 184 valence electrons. The summed E-state index contributed by atoms with van der Waals surface area (Å²) in [5.41, 5.74) is 3.88. The van der Waals surface area contributed by atoms with Crippen molar-refractivity contribution in [1.29, 1.82) is 0 Å². The zero-order valence-electron chi connectivity index (χ0n) is 20.7. The van der Waals surface area contributed by atoms with Crippen molar-refractivity contribution < 1.29 is 9.18 Å².